The van der Waals surface area contributed by atoms with Crippen LogP contribution in [0.25, 0.3) is 0 Å². The molecule has 6 heteroatoms. The molecule has 0 saturated carbocycles. The van der Waals surface area contributed by atoms with Crippen LogP contribution in [-0.2, 0) is 32.9 Å². The summed E-state index contributed by atoms with van der Waals surface area (Å²) >= 11 is 0. The standard InChI is InChI=1S/C31H29N3O3/c1-20(2)18-33-25-16-10-9-15-23(25)31(30(33)37)27-26(24(32-31)17-21-11-5-3-6-12-21)28(35)34(29(27)36)19-22-13-7-4-8-14-22/h3-16,24,26-27,32H,1,17-19H2,2H3. The van der Waals surface area contributed by atoms with E-state index >= 15 is 0 Å². The predicted octanol–water partition coefficient (Wildman–Crippen LogP) is 3.82. The van der Waals surface area contributed by atoms with Gasteiger partial charge in [0, 0.05) is 23.8 Å². The van der Waals surface area contributed by atoms with Crippen molar-refractivity contribution in [2.24, 2.45) is 11.8 Å². The van der Waals surface area contributed by atoms with Crippen LogP contribution in [-0.4, -0.2) is 35.2 Å². The Bertz CT molecular complexity index is 1400. The third-order valence-corrected chi connectivity index (χ3v) is 7.87. The Hall–Kier alpha value is -4.03. The lowest BCUT2D eigenvalue weighted by molar-refractivity contribution is -0.143. The van der Waals surface area contributed by atoms with E-state index in [0.717, 1.165) is 28.0 Å². The molecule has 1 N–H and O–H groups in total. The summed E-state index contributed by atoms with van der Waals surface area (Å²) in [6, 6.07) is 26.7. The number of benzene rings is 3. The van der Waals surface area contributed by atoms with Crippen molar-refractivity contribution in [2.75, 3.05) is 11.4 Å². The summed E-state index contributed by atoms with van der Waals surface area (Å²) in [6.07, 6.45) is 0.540. The first-order chi connectivity index (χ1) is 17.9. The van der Waals surface area contributed by atoms with E-state index < -0.39 is 17.4 Å². The molecule has 0 bridgehead atoms. The van der Waals surface area contributed by atoms with Crippen molar-refractivity contribution in [1.29, 1.82) is 0 Å². The third kappa shape index (κ3) is 3.55. The third-order valence-electron chi connectivity index (χ3n) is 7.87. The second-order valence-electron chi connectivity index (χ2n) is 10.4. The molecule has 3 aromatic carbocycles. The summed E-state index contributed by atoms with van der Waals surface area (Å²) in [5.74, 6) is -2.15. The molecule has 2 saturated heterocycles. The van der Waals surface area contributed by atoms with Gasteiger partial charge in [-0.15, -0.1) is 0 Å². The maximum Gasteiger partial charge on any atom is 0.253 e. The van der Waals surface area contributed by atoms with E-state index in [9.17, 15) is 14.4 Å². The number of hydrogen-bond acceptors (Lipinski definition) is 4. The van der Waals surface area contributed by atoms with E-state index in [0.29, 0.717) is 13.0 Å². The minimum absolute atomic E-state index is 0.190. The molecular formula is C31H29N3O3. The lowest BCUT2D eigenvalue weighted by atomic mass is 9.76. The topological polar surface area (TPSA) is 69.7 Å². The summed E-state index contributed by atoms with van der Waals surface area (Å²) in [7, 11) is 0. The Balaban J connectivity index is 1.47. The highest BCUT2D eigenvalue weighted by Crippen LogP contribution is 2.55. The largest absolute Gasteiger partial charge is 0.306 e. The van der Waals surface area contributed by atoms with Crippen molar-refractivity contribution >= 4 is 23.4 Å². The average Bonchev–Trinajstić information content (AvgIpc) is 3.45. The van der Waals surface area contributed by atoms with E-state index in [2.05, 4.69) is 11.9 Å². The van der Waals surface area contributed by atoms with E-state index in [4.69, 9.17) is 0 Å². The van der Waals surface area contributed by atoms with Gasteiger partial charge < -0.3 is 4.90 Å². The minimum Gasteiger partial charge on any atom is -0.306 e. The smallest absolute Gasteiger partial charge is 0.253 e. The van der Waals surface area contributed by atoms with Gasteiger partial charge in [0.1, 0.15) is 5.54 Å². The second-order valence-corrected chi connectivity index (χ2v) is 10.4. The van der Waals surface area contributed by atoms with E-state index in [1.807, 2.05) is 91.9 Å². The van der Waals surface area contributed by atoms with Crippen LogP contribution < -0.4 is 10.2 Å². The van der Waals surface area contributed by atoms with Crippen LogP contribution >= 0.6 is 0 Å². The molecule has 0 radical (unpaired) electrons. The highest BCUT2D eigenvalue weighted by Gasteiger charge is 2.71. The summed E-state index contributed by atoms with van der Waals surface area (Å²) < 4.78 is 0. The lowest BCUT2D eigenvalue weighted by Gasteiger charge is -2.31. The number of imide groups is 1. The van der Waals surface area contributed by atoms with Crippen molar-refractivity contribution in [2.45, 2.75) is 31.5 Å². The maximum atomic E-state index is 14.3. The van der Waals surface area contributed by atoms with Crippen LogP contribution in [0.4, 0.5) is 5.69 Å². The van der Waals surface area contributed by atoms with Gasteiger partial charge in [0.25, 0.3) is 5.91 Å². The first-order valence-corrected chi connectivity index (χ1v) is 12.7. The summed E-state index contributed by atoms with van der Waals surface area (Å²) in [5.41, 5.74) is 3.00. The van der Waals surface area contributed by atoms with Gasteiger partial charge in [0.2, 0.25) is 11.8 Å². The lowest BCUT2D eigenvalue weighted by Crippen LogP contribution is -2.55. The van der Waals surface area contributed by atoms with Crippen molar-refractivity contribution in [3.63, 3.8) is 0 Å². The van der Waals surface area contributed by atoms with Crippen LogP contribution in [0.3, 0.4) is 0 Å². The van der Waals surface area contributed by atoms with Gasteiger partial charge >= 0.3 is 0 Å². The number of carbonyl (C=O) groups is 3. The molecule has 3 aliphatic heterocycles. The highest BCUT2D eigenvalue weighted by atomic mass is 16.2. The molecule has 4 atom stereocenters. The molecule has 3 heterocycles. The highest BCUT2D eigenvalue weighted by molar-refractivity contribution is 6.16. The molecule has 4 unspecified atom stereocenters. The predicted molar refractivity (Wildman–Crippen MR) is 141 cm³/mol. The number of para-hydroxylation sites is 1. The first kappa shape index (κ1) is 23.4. The Labute approximate surface area is 216 Å². The van der Waals surface area contributed by atoms with Crippen molar-refractivity contribution in [3.05, 3.63) is 114 Å². The zero-order valence-electron chi connectivity index (χ0n) is 20.8. The summed E-state index contributed by atoms with van der Waals surface area (Å²) in [5, 5.41) is 3.58. The van der Waals surface area contributed by atoms with Gasteiger partial charge in [-0.3, -0.25) is 24.6 Å². The van der Waals surface area contributed by atoms with Crippen LogP contribution in [0.5, 0.6) is 0 Å². The molecule has 3 aromatic rings. The molecule has 6 rings (SSSR count). The fourth-order valence-corrected chi connectivity index (χ4v) is 6.40. The molecular weight excluding hydrogens is 462 g/mol. The van der Waals surface area contributed by atoms with Gasteiger partial charge in [0.05, 0.1) is 18.4 Å². The van der Waals surface area contributed by atoms with Gasteiger partial charge in [-0.05, 0) is 30.5 Å². The van der Waals surface area contributed by atoms with Crippen LogP contribution in [0, 0.1) is 11.8 Å². The van der Waals surface area contributed by atoms with Crippen molar-refractivity contribution in [3.8, 4) is 0 Å². The normalized spacial score (nSPS) is 26.2. The number of rotatable bonds is 6. The zero-order chi connectivity index (χ0) is 25.7. The molecule has 1 spiro atoms. The number of hydrogen-bond donors (Lipinski definition) is 1. The SMILES string of the molecule is C=C(C)CN1C(=O)C2(NC(Cc3ccccc3)C3C(=O)N(Cc4ccccc4)C(=O)C32)c2ccccc21. The molecule has 186 valence electrons. The van der Waals surface area contributed by atoms with Gasteiger partial charge in [-0.25, -0.2) is 0 Å². The molecule has 3 amide bonds. The second kappa shape index (κ2) is 8.82. The molecule has 6 nitrogen and oxygen atoms in total. The number of fused-ring (bicyclic) bond motifs is 4. The number of anilines is 1. The fraction of sp³-hybridized carbons (Fsp3) is 0.258. The van der Waals surface area contributed by atoms with E-state index in [-0.39, 0.29) is 30.3 Å². The fourth-order valence-electron chi connectivity index (χ4n) is 6.40. The monoisotopic (exact) mass is 491 g/mol. The number of carbonyl (C=O) groups excluding carboxylic acids is 3. The first-order valence-electron chi connectivity index (χ1n) is 12.7. The van der Waals surface area contributed by atoms with Gasteiger partial charge in [-0.2, -0.15) is 0 Å². The Kier molecular flexibility index (Phi) is 5.57. The number of nitrogens with one attached hydrogen (secondary N) is 1. The maximum absolute atomic E-state index is 14.3. The number of nitrogens with zero attached hydrogens (tertiary/aromatic N) is 2. The molecule has 37 heavy (non-hydrogen) atoms. The summed E-state index contributed by atoms with van der Waals surface area (Å²) in [4.78, 5) is 45.5. The minimum atomic E-state index is -1.30. The molecule has 2 fully saturated rings. The molecule has 0 aliphatic carbocycles. The van der Waals surface area contributed by atoms with Gasteiger partial charge in [0.15, 0.2) is 0 Å². The number of likely N-dealkylation sites (tertiary alicyclic amines) is 1. The van der Waals surface area contributed by atoms with E-state index in [1.165, 1.54) is 4.90 Å². The van der Waals surface area contributed by atoms with E-state index in [1.54, 1.807) is 4.90 Å². The van der Waals surface area contributed by atoms with Crippen molar-refractivity contribution < 1.29 is 14.4 Å². The molecule has 3 aliphatic rings. The van der Waals surface area contributed by atoms with Crippen molar-refractivity contribution in [1.82, 2.24) is 10.2 Å². The van der Waals surface area contributed by atoms with Crippen LogP contribution in [0.2, 0.25) is 0 Å². The quantitative estimate of drug-likeness (QED) is 0.421. The van der Waals surface area contributed by atoms with Crippen LogP contribution in [0.15, 0.2) is 97.1 Å². The van der Waals surface area contributed by atoms with Crippen LogP contribution in [0.1, 0.15) is 23.6 Å². The Morgan fingerprint density at radius 3 is 2.14 bits per heavy atom. The summed E-state index contributed by atoms with van der Waals surface area (Å²) in [6.45, 7) is 6.46. The van der Waals surface area contributed by atoms with Gasteiger partial charge in [-0.1, -0.05) is 91.0 Å². The Morgan fingerprint density at radius 1 is 0.838 bits per heavy atom. The Morgan fingerprint density at radius 2 is 1.46 bits per heavy atom. The average molecular weight is 492 g/mol. The number of amides is 3. The zero-order valence-corrected chi connectivity index (χ0v) is 20.8. The molecule has 0 aromatic heterocycles.